The second-order valence-corrected chi connectivity index (χ2v) is 5.92. The Kier molecular flexibility index (Phi) is 5.16. The van der Waals surface area contributed by atoms with Crippen LogP contribution in [-0.2, 0) is 12.0 Å². The molecule has 0 bridgehead atoms. The summed E-state index contributed by atoms with van der Waals surface area (Å²) in [4.78, 5) is 3.98. The molecule has 0 aliphatic heterocycles. The summed E-state index contributed by atoms with van der Waals surface area (Å²) in [6, 6.07) is 10.3. The van der Waals surface area contributed by atoms with Gasteiger partial charge in [-0.25, -0.2) is 4.98 Å². The smallest absolute Gasteiger partial charge is 0.137 e. The quantitative estimate of drug-likeness (QED) is 0.787. The number of benzene rings is 1. The van der Waals surface area contributed by atoms with E-state index in [-0.39, 0.29) is 0 Å². The SMILES string of the molecule is COc1ccccc1C(C#N)(CCC(C)C)Cn1cncn1. The minimum atomic E-state index is -0.676. The first-order valence-electron chi connectivity index (χ1n) is 7.48. The molecule has 1 heterocycles. The third-order valence-electron chi connectivity index (χ3n) is 3.88. The van der Waals surface area contributed by atoms with E-state index in [0.717, 1.165) is 24.2 Å². The Hall–Kier alpha value is -2.35. The van der Waals surface area contributed by atoms with Crippen molar-refractivity contribution in [2.24, 2.45) is 5.92 Å². The molecule has 5 nitrogen and oxygen atoms in total. The van der Waals surface area contributed by atoms with E-state index >= 15 is 0 Å². The fraction of sp³-hybridized carbons (Fsp3) is 0.471. The molecule has 0 fully saturated rings. The molecule has 5 heteroatoms. The van der Waals surface area contributed by atoms with Crippen LogP contribution in [0.4, 0.5) is 0 Å². The number of nitriles is 1. The van der Waals surface area contributed by atoms with Crippen LogP contribution >= 0.6 is 0 Å². The molecule has 0 radical (unpaired) electrons. The Morgan fingerprint density at radius 2 is 2.14 bits per heavy atom. The highest BCUT2D eigenvalue weighted by atomic mass is 16.5. The first kappa shape index (κ1) is 16.0. The summed E-state index contributed by atoms with van der Waals surface area (Å²) in [6.07, 6.45) is 4.85. The van der Waals surface area contributed by atoms with Gasteiger partial charge >= 0.3 is 0 Å². The molecule has 1 aromatic carbocycles. The van der Waals surface area contributed by atoms with Gasteiger partial charge in [0.25, 0.3) is 0 Å². The van der Waals surface area contributed by atoms with E-state index in [1.165, 1.54) is 6.33 Å². The predicted octanol–water partition coefficient (Wildman–Crippen LogP) is 3.18. The van der Waals surface area contributed by atoms with E-state index in [0.29, 0.717) is 12.5 Å². The van der Waals surface area contributed by atoms with E-state index < -0.39 is 5.41 Å². The number of ether oxygens (including phenoxy) is 1. The first-order chi connectivity index (χ1) is 10.6. The van der Waals surface area contributed by atoms with Crippen molar-refractivity contribution < 1.29 is 4.74 Å². The number of methoxy groups -OCH3 is 1. The summed E-state index contributed by atoms with van der Waals surface area (Å²) < 4.78 is 7.20. The highest BCUT2D eigenvalue weighted by Crippen LogP contribution is 2.37. The molecule has 116 valence electrons. The second kappa shape index (κ2) is 7.08. The van der Waals surface area contributed by atoms with Gasteiger partial charge in [-0.1, -0.05) is 32.0 Å². The van der Waals surface area contributed by atoms with Gasteiger partial charge in [0.1, 0.15) is 23.8 Å². The van der Waals surface area contributed by atoms with Crippen molar-refractivity contribution in [3.8, 4) is 11.8 Å². The standard InChI is InChI=1S/C17H22N4O/c1-14(2)8-9-17(10-18,11-21-13-19-12-20-21)15-6-4-5-7-16(15)22-3/h4-7,12-14H,8-9,11H2,1-3H3. The Bertz CT molecular complexity index is 630. The van der Waals surface area contributed by atoms with E-state index in [1.807, 2.05) is 24.3 Å². The number of rotatable bonds is 7. The van der Waals surface area contributed by atoms with Crippen molar-refractivity contribution in [2.45, 2.75) is 38.6 Å². The summed E-state index contributed by atoms with van der Waals surface area (Å²) in [7, 11) is 1.64. The van der Waals surface area contributed by atoms with Crippen LogP contribution in [-0.4, -0.2) is 21.9 Å². The lowest BCUT2D eigenvalue weighted by atomic mass is 9.76. The van der Waals surface area contributed by atoms with Crippen LogP contribution in [0, 0.1) is 17.2 Å². The zero-order chi connectivity index (χ0) is 16.0. The summed E-state index contributed by atoms with van der Waals surface area (Å²) in [6.45, 7) is 4.80. The third-order valence-corrected chi connectivity index (χ3v) is 3.88. The van der Waals surface area contributed by atoms with Crippen LogP contribution in [0.3, 0.4) is 0 Å². The van der Waals surface area contributed by atoms with Crippen LogP contribution in [0.1, 0.15) is 32.3 Å². The number of hydrogen-bond donors (Lipinski definition) is 0. The lowest BCUT2D eigenvalue weighted by molar-refractivity contribution is 0.344. The third kappa shape index (κ3) is 3.45. The van der Waals surface area contributed by atoms with Crippen LogP contribution in [0.25, 0.3) is 0 Å². The van der Waals surface area contributed by atoms with Gasteiger partial charge in [-0.3, -0.25) is 4.68 Å². The van der Waals surface area contributed by atoms with Gasteiger partial charge in [0.05, 0.1) is 19.7 Å². The monoisotopic (exact) mass is 298 g/mol. The van der Waals surface area contributed by atoms with Gasteiger partial charge in [-0.15, -0.1) is 0 Å². The van der Waals surface area contributed by atoms with E-state index in [2.05, 4.69) is 30.0 Å². The van der Waals surface area contributed by atoms with Crippen LogP contribution in [0.15, 0.2) is 36.9 Å². The Morgan fingerprint density at radius 3 is 2.73 bits per heavy atom. The highest BCUT2D eigenvalue weighted by Gasteiger charge is 2.35. The molecule has 22 heavy (non-hydrogen) atoms. The van der Waals surface area contributed by atoms with Crippen molar-refractivity contribution in [3.05, 3.63) is 42.5 Å². The molecule has 1 atom stereocenters. The van der Waals surface area contributed by atoms with Gasteiger partial charge in [0.2, 0.25) is 0 Å². The summed E-state index contributed by atoms with van der Waals surface area (Å²) in [5.74, 6) is 1.27. The topological polar surface area (TPSA) is 63.7 Å². The van der Waals surface area contributed by atoms with Crippen molar-refractivity contribution in [2.75, 3.05) is 7.11 Å². The molecular formula is C17H22N4O. The van der Waals surface area contributed by atoms with Crippen LogP contribution < -0.4 is 4.74 Å². The molecule has 0 amide bonds. The van der Waals surface area contributed by atoms with Crippen molar-refractivity contribution in [3.63, 3.8) is 0 Å². The zero-order valence-electron chi connectivity index (χ0n) is 13.4. The number of para-hydroxylation sites is 1. The lowest BCUT2D eigenvalue weighted by Crippen LogP contribution is -2.31. The molecule has 0 N–H and O–H groups in total. The molecular weight excluding hydrogens is 276 g/mol. The molecule has 0 saturated heterocycles. The Morgan fingerprint density at radius 1 is 1.36 bits per heavy atom. The normalized spacial score (nSPS) is 13.6. The predicted molar refractivity (Wildman–Crippen MR) is 84.4 cm³/mol. The summed E-state index contributed by atoms with van der Waals surface area (Å²) in [5, 5.41) is 14.2. The fourth-order valence-electron chi connectivity index (χ4n) is 2.62. The lowest BCUT2D eigenvalue weighted by Gasteiger charge is -2.29. The van der Waals surface area contributed by atoms with E-state index in [9.17, 15) is 5.26 Å². The average molecular weight is 298 g/mol. The summed E-state index contributed by atoms with van der Waals surface area (Å²) in [5.41, 5.74) is 0.237. The zero-order valence-corrected chi connectivity index (χ0v) is 13.4. The minimum Gasteiger partial charge on any atom is -0.496 e. The number of aromatic nitrogens is 3. The molecule has 0 saturated carbocycles. The maximum Gasteiger partial charge on any atom is 0.137 e. The van der Waals surface area contributed by atoms with Crippen LogP contribution in [0.2, 0.25) is 0 Å². The Labute approximate surface area is 131 Å². The first-order valence-corrected chi connectivity index (χ1v) is 7.48. The van der Waals surface area contributed by atoms with E-state index in [4.69, 9.17) is 4.74 Å². The van der Waals surface area contributed by atoms with Crippen LogP contribution in [0.5, 0.6) is 5.75 Å². The summed E-state index contributed by atoms with van der Waals surface area (Å²) >= 11 is 0. The van der Waals surface area contributed by atoms with E-state index in [1.54, 1.807) is 18.1 Å². The Balaban J connectivity index is 2.45. The maximum atomic E-state index is 9.99. The van der Waals surface area contributed by atoms with Crippen molar-refractivity contribution in [1.29, 1.82) is 5.26 Å². The molecule has 1 aromatic heterocycles. The van der Waals surface area contributed by atoms with Crippen molar-refractivity contribution >= 4 is 0 Å². The van der Waals surface area contributed by atoms with Gasteiger partial charge in [-0.05, 0) is 24.8 Å². The molecule has 0 spiro atoms. The number of hydrogen-bond acceptors (Lipinski definition) is 4. The van der Waals surface area contributed by atoms with Gasteiger partial charge in [0, 0.05) is 5.56 Å². The van der Waals surface area contributed by atoms with Crippen molar-refractivity contribution in [1.82, 2.24) is 14.8 Å². The largest absolute Gasteiger partial charge is 0.496 e. The second-order valence-electron chi connectivity index (χ2n) is 5.92. The average Bonchev–Trinajstić information content (AvgIpc) is 3.04. The van der Waals surface area contributed by atoms with Gasteiger partial charge < -0.3 is 4.74 Å². The fourth-order valence-corrected chi connectivity index (χ4v) is 2.62. The molecule has 1 unspecified atom stereocenters. The highest BCUT2D eigenvalue weighted by molar-refractivity contribution is 5.43. The minimum absolute atomic E-state index is 0.469. The number of nitrogens with zero attached hydrogens (tertiary/aromatic N) is 4. The molecule has 0 aliphatic carbocycles. The molecule has 2 rings (SSSR count). The van der Waals surface area contributed by atoms with Gasteiger partial charge in [0.15, 0.2) is 0 Å². The maximum absolute atomic E-state index is 9.99. The molecule has 2 aromatic rings. The molecule has 0 aliphatic rings. The van der Waals surface area contributed by atoms with Gasteiger partial charge in [-0.2, -0.15) is 10.4 Å².